The minimum absolute atomic E-state index is 0.899. The molecule has 0 nitrogen and oxygen atoms in total. The van der Waals surface area contributed by atoms with Gasteiger partial charge in [0.1, 0.15) is 0 Å². The predicted octanol–water partition coefficient (Wildman–Crippen LogP) is 3.98. The number of fused-ring (bicyclic) bond motifs is 10. The molecule has 10 aliphatic heterocycles. The minimum atomic E-state index is -3.37. The molecule has 10 aliphatic rings. The molecule has 0 saturated carbocycles. The van der Waals surface area contributed by atoms with Gasteiger partial charge in [0.05, 0.1) is 0 Å². The fourth-order valence-electron chi connectivity index (χ4n) is 23.2. The van der Waals surface area contributed by atoms with E-state index in [2.05, 4.69) is 31.9 Å². The van der Waals surface area contributed by atoms with Crippen LogP contribution in [0.15, 0.2) is 0 Å². The molecule has 10 saturated heterocycles. The Balaban J connectivity index is 2.20. The summed E-state index contributed by atoms with van der Waals surface area (Å²) >= 11 is 5.35. The van der Waals surface area contributed by atoms with Crippen LogP contribution in [0.3, 0.4) is 0 Å². The first-order valence-electron chi connectivity index (χ1n) is 6.35. The van der Waals surface area contributed by atoms with Crippen LogP contribution in [-0.4, -0.2) is 4.16 Å². The summed E-state index contributed by atoms with van der Waals surface area (Å²) in [5, 5.41) is 0. The Morgan fingerprint density at radius 2 is 1.08 bits per heavy atom. The summed E-state index contributed by atoms with van der Waals surface area (Å²) in [7, 11) is 0. The second-order valence-corrected chi connectivity index (χ2v) is 95.9. The molecule has 0 aromatic carbocycles. The summed E-state index contributed by atoms with van der Waals surface area (Å²) < 4.78 is 13.5. The van der Waals surface area contributed by atoms with Gasteiger partial charge >= 0.3 is 76.6 Å². The molecule has 3 heteroatoms. The van der Waals surface area contributed by atoms with Crippen molar-refractivity contribution in [3.63, 3.8) is 0 Å². The molecule has 0 amide bonds. The third kappa shape index (κ3) is 0.0370. The molecule has 10 fully saturated rings. The first-order valence-corrected chi connectivity index (χ1v) is 28.1. The van der Waals surface area contributed by atoms with Crippen molar-refractivity contribution in [1.29, 1.82) is 0 Å². The summed E-state index contributed by atoms with van der Waals surface area (Å²) in [5.41, 5.74) is 0. The zero-order chi connectivity index (χ0) is 7.94. The van der Waals surface area contributed by atoms with E-state index in [1.807, 2.05) is 0 Å². The molecule has 10 heterocycles. The Labute approximate surface area is 75.5 Å². The van der Waals surface area contributed by atoms with Gasteiger partial charge in [-0.3, -0.25) is 0 Å². The zero-order valence-corrected chi connectivity index (χ0v) is 13.6. The van der Waals surface area contributed by atoms with Crippen molar-refractivity contribution in [2.75, 3.05) is 0 Å². The Bertz CT molecular complexity index is 822. The van der Waals surface area contributed by atoms with Gasteiger partial charge in [-0.25, -0.2) is 0 Å². The molecule has 0 radical (unpaired) electrons. The van der Waals surface area contributed by atoms with Crippen LogP contribution in [0.5, 0.6) is 0 Å². The van der Waals surface area contributed by atoms with Crippen molar-refractivity contribution in [2.24, 2.45) is 0 Å². The van der Waals surface area contributed by atoms with Gasteiger partial charge in [0.2, 0.25) is 0 Å². The van der Waals surface area contributed by atoms with Gasteiger partial charge < -0.3 is 0 Å². The van der Waals surface area contributed by atoms with Crippen LogP contribution >= 0.6 is 31.9 Å². The molecule has 0 bridgehead atoms. The van der Waals surface area contributed by atoms with Crippen LogP contribution < -0.4 is 0 Å². The average molecular weight is 466 g/mol. The van der Waals surface area contributed by atoms with E-state index in [1.54, 1.807) is 0 Å². The van der Waals surface area contributed by atoms with Crippen LogP contribution in [0.4, 0.5) is 0 Å². The molecular weight excluding hydrogens is 458 g/mol. The van der Waals surface area contributed by atoms with Crippen LogP contribution in [0.25, 0.3) is 0 Å². The summed E-state index contributed by atoms with van der Waals surface area (Å²) in [6.45, 7) is 0. The van der Waals surface area contributed by atoms with E-state index in [0.717, 1.165) is 4.16 Å². The maximum absolute atomic E-state index is 4.36. The Hall–Kier alpha value is 1.83. The number of alkyl halides is 2. The standard InChI is InChI=1S/C5H3Br2.C5H5.Hf/c6-4-2-1-3-5(4)7;1-2-4-5-3-1;/h1-3H;1-5H;. The van der Waals surface area contributed by atoms with Gasteiger partial charge in [0.15, 0.2) is 0 Å². The topological polar surface area (TPSA) is 0 Å². The number of rotatable bonds is 0. The Morgan fingerprint density at radius 3 is 1.08 bits per heavy atom. The van der Waals surface area contributed by atoms with Crippen LogP contribution in [0.1, 0.15) is 0 Å². The van der Waals surface area contributed by atoms with Crippen molar-refractivity contribution >= 4 is 31.9 Å². The second-order valence-electron chi connectivity index (χ2n) is 12.6. The van der Waals surface area contributed by atoms with Crippen molar-refractivity contribution in [3.05, 3.63) is 0 Å². The van der Waals surface area contributed by atoms with Crippen molar-refractivity contribution < 1.29 is 11.2 Å². The molecule has 0 aromatic heterocycles. The Kier molecular flexibility index (Phi) is 0.128. The molecule has 10 rings (SSSR count). The van der Waals surface area contributed by atoms with Gasteiger partial charge in [-0.2, -0.15) is 0 Å². The van der Waals surface area contributed by atoms with E-state index in [-0.39, 0.29) is 0 Å². The van der Waals surface area contributed by atoms with Gasteiger partial charge in [-0.15, -0.1) is 0 Å². The third-order valence-corrected chi connectivity index (χ3v) is 197. The molecular formula is C10H8Br2Hf. The molecule has 0 N–H and O–H groups in total. The fourth-order valence-corrected chi connectivity index (χ4v) is 472. The SMILES string of the molecule is Br[C]12[CH]3[CH]4[CH]5[C]1(Br)[Hf]43521678[CH]2[CH]1[CH]6[CH]7[CH]28. The molecule has 1 spiro atoms. The van der Waals surface area contributed by atoms with E-state index >= 15 is 0 Å². The normalized spacial score (nSPS) is 158. The summed E-state index contributed by atoms with van der Waals surface area (Å²) in [4.78, 5) is 0. The number of hydrogen-bond donors (Lipinski definition) is 0. The number of halogens is 2. The zero-order valence-electron chi connectivity index (χ0n) is 6.87. The van der Waals surface area contributed by atoms with E-state index in [0.29, 0.717) is 0 Å². The van der Waals surface area contributed by atoms with Crippen molar-refractivity contribution in [3.8, 4) is 0 Å². The van der Waals surface area contributed by atoms with Gasteiger partial charge in [-0.05, 0) is 0 Å². The quantitative estimate of drug-likeness (QED) is 0.374. The molecule has 66 valence electrons. The molecule has 4 atom stereocenters. The summed E-state index contributed by atoms with van der Waals surface area (Å²) in [6.07, 6.45) is 0. The first-order chi connectivity index (χ1) is 5.94. The van der Waals surface area contributed by atoms with Gasteiger partial charge in [0, 0.05) is 0 Å². The fraction of sp³-hybridized carbons (Fsp3) is 1.00. The summed E-state index contributed by atoms with van der Waals surface area (Å²) in [6, 6.07) is 0. The monoisotopic (exact) mass is 466 g/mol. The van der Waals surface area contributed by atoms with E-state index in [9.17, 15) is 0 Å². The average Bonchev–Trinajstić information content (AvgIpc) is 3.02. The maximum atomic E-state index is 4.36. The van der Waals surface area contributed by atoms with Crippen LogP contribution in [-0.2, 0) is 11.2 Å². The van der Waals surface area contributed by atoms with Gasteiger partial charge in [-0.1, -0.05) is 0 Å². The van der Waals surface area contributed by atoms with E-state index in [1.165, 1.54) is 29.4 Å². The van der Waals surface area contributed by atoms with E-state index in [4.69, 9.17) is 0 Å². The molecule has 0 aromatic rings. The van der Waals surface area contributed by atoms with E-state index < -0.39 is 11.2 Å². The molecule has 0 aliphatic carbocycles. The molecule has 13 heavy (non-hydrogen) atoms. The van der Waals surface area contributed by atoms with Crippen molar-refractivity contribution in [2.45, 2.75) is 33.6 Å². The predicted molar refractivity (Wildman–Crippen MR) is 53.3 cm³/mol. The second kappa shape index (κ2) is 0.332. The third-order valence-electron chi connectivity index (χ3n) is 20.0. The van der Waals surface area contributed by atoms with Gasteiger partial charge in [0.25, 0.3) is 0 Å². The first kappa shape index (κ1) is 5.00. The van der Waals surface area contributed by atoms with Crippen LogP contribution in [0, 0.1) is 0 Å². The molecule has 4 unspecified atom stereocenters. The van der Waals surface area contributed by atoms with Crippen LogP contribution in [0.2, 0.25) is 29.4 Å². The van der Waals surface area contributed by atoms with Crippen molar-refractivity contribution in [1.82, 2.24) is 0 Å². The Morgan fingerprint density at radius 1 is 0.692 bits per heavy atom. The number of hydrogen-bond acceptors (Lipinski definition) is 0. The summed E-state index contributed by atoms with van der Waals surface area (Å²) in [5.74, 6) is 0.